The number of anilines is 1. The van der Waals surface area contributed by atoms with Gasteiger partial charge in [-0.15, -0.1) is 11.3 Å². The fraction of sp³-hybridized carbons (Fsp3) is 0.143. The standard InChI is InChI=1S/C14H12N2O2S/c17-14(6-4-11-2-1-7-19-11)16-10-3-5-12-13(8-10)18-9-15-12/h1-3,5,7-9H,4,6H2,(H,16,17). The molecular formula is C14H12N2O2S. The highest BCUT2D eigenvalue weighted by atomic mass is 32.1. The van der Waals surface area contributed by atoms with Gasteiger partial charge in [-0.25, -0.2) is 4.98 Å². The molecule has 3 aromatic rings. The number of nitrogens with zero attached hydrogens (tertiary/aromatic N) is 1. The number of amides is 1. The molecule has 0 atom stereocenters. The van der Waals surface area contributed by atoms with Crippen LogP contribution in [0.5, 0.6) is 0 Å². The zero-order valence-corrected chi connectivity index (χ0v) is 10.9. The van der Waals surface area contributed by atoms with Crippen LogP contribution in [0, 0.1) is 0 Å². The van der Waals surface area contributed by atoms with Crippen molar-refractivity contribution in [2.75, 3.05) is 5.32 Å². The summed E-state index contributed by atoms with van der Waals surface area (Å²) in [6, 6.07) is 9.47. The molecule has 4 nitrogen and oxygen atoms in total. The predicted molar refractivity (Wildman–Crippen MR) is 75.3 cm³/mol. The van der Waals surface area contributed by atoms with Crippen LogP contribution in [0.3, 0.4) is 0 Å². The second-order valence-electron chi connectivity index (χ2n) is 4.16. The van der Waals surface area contributed by atoms with E-state index in [9.17, 15) is 4.79 Å². The van der Waals surface area contributed by atoms with Crippen molar-refractivity contribution in [1.29, 1.82) is 0 Å². The van der Waals surface area contributed by atoms with Gasteiger partial charge in [-0.05, 0) is 30.0 Å². The molecule has 0 fully saturated rings. The molecule has 2 aromatic heterocycles. The van der Waals surface area contributed by atoms with Crippen LogP contribution in [0.1, 0.15) is 11.3 Å². The molecule has 5 heteroatoms. The maximum Gasteiger partial charge on any atom is 0.224 e. The number of benzene rings is 1. The van der Waals surface area contributed by atoms with E-state index in [2.05, 4.69) is 10.3 Å². The van der Waals surface area contributed by atoms with Gasteiger partial charge in [0.15, 0.2) is 12.0 Å². The van der Waals surface area contributed by atoms with E-state index in [0.717, 1.165) is 17.6 Å². The maximum atomic E-state index is 11.8. The summed E-state index contributed by atoms with van der Waals surface area (Å²) in [4.78, 5) is 17.1. The van der Waals surface area contributed by atoms with Gasteiger partial charge in [-0.2, -0.15) is 0 Å². The minimum atomic E-state index is 0.00673. The van der Waals surface area contributed by atoms with Gasteiger partial charge in [-0.3, -0.25) is 4.79 Å². The Bertz CT molecular complexity index is 688. The Kier molecular flexibility index (Phi) is 3.29. The van der Waals surface area contributed by atoms with Crippen LogP contribution < -0.4 is 5.32 Å². The third-order valence-corrected chi connectivity index (χ3v) is 3.73. The van der Waals surface area contributed by atoms with Crippen LogP contribution in [-0.4, -0.2) is 10.9 Å². The number of hydrogen-bond acceptors (Lipinski definition) is 4. The molecule has 1 N–H and O–H groups in total. The minimum Gasteiger partial charge on any atom is -0.443 e. The van der Waals surface area contributed by atoms with Crippen LogP contribution in [-0.2, 0) is 11.2 Å². The molecule has 0 aliphatic rings. The van der Waals surface area contributed by atoms with Crippen molar-refractivity contribution in [3.05, 3.63) is 47.0 Å². The Hall–Kier alpha value is -2.14. The summed E-state index contributed by atoms with van der Waals surface area (Å²) < 4.78 is 5.20. The molecule has 0 unspecified atom stereocenters. The Labute approximate surface area is 114 Å². The normalized spacial score (nSPS) is 10.7. The molecule has 0 aliphatic carbocycles. The van der Waals surface area contributed by atoms with E-state index >= 15 is 0 Å². The zero-order valence-electron chi connectivity index (χ0n) is 10.1. The molecule has 2 heterocycles. The second kappa shape index (κ2) is 5.24. The van der Waals surface area contributed by atoms with E-state index in [4.69, 9.17) is 4.42 Å². The quantitative estimate of drug-likeness (QED) is 0.791. The molecule has 1 amide bonds. The summed E-state index contributed by atoms with van der Waals surface area (Å²) in [6.07, 6.45) is 2.65. The molecule has 19 heavy (non-hydrogen) atoms. The lowest BCUT2D eigenvalue weighted by Gasteiger charge is -2.04. The highest BCUT2D eigenvalue weighted by Gasteiger charge is 2.05. The SMILES string of the molecule is O=C(CCc1cccs1)Nc1ccc2ncoc2c1. The average Bonchev–Trinajstić information content (AvgIpc) is 3.07. The number of nitrogens with one attached hydrogen (secondary N) is 1. The first-order valence-corrected chi connectivity index (χ1v) is 6.85. The first kappa shape index (κ1) is 11.9. The number of aryl methyl sites for hydroxylation is 1. The maximum absolute atomic E-state index is 11.8. The Balaban J connectivity index is 1.62. The van der Waals surface area contributed by atoms with Crippen LogP contribution >= 0.6 is 11.3 Å². The topological polar surface area (TPSA) is 55.1 Å². The van der Waals surface area contributed by atoms with Crippen molar-refractivity contribution in [3.8, 4) is 0 Å². The van der Waals surface area contributed by atoms with Gasteiger partial charge in [-0.1, -0.05) is 6.07 Å². The second-order valence-corrected chi connectivity index (χ2v) is 5.19. The monoisotopic (exact) mass is 272 g/mol. The summed E-state index contributed by atoms with van der Waals surface area (Å²) in [5.74, 6) is 0.00673. The molecule has 0 bridgehead atoms. The fourth-order valence-electron chi connectivity index (χ4n) is 1.85. The minimum absolute atomic E-state index is 0.00673. The fourth-order valence-corrected chi connectivity index (χ4v) is 2.56. The first-order chi connectivity index (χ1) is 9.31. The number of carbonyl (C=O) groups is 1. The van der Waals surface area contributed by atoms with Gasteiger partial charge in [0.05, 0.1) is 0 Å². The van der Waals surface area contributed by atoms with Gasteiger partial charge < -0.3 is 9.73 Å². The Morgan fingerprint density at radius 1 is 1.37 bits per heavy atom. The predicted octanol–water partition coefficient (Wildman–Crippen LogP) is 3.46. The lowest BCUT2D eigenvalue weighted by molar-refractivity contribution is -0.116. The number of oxazole rings is 1. The average molecular weight is 272 g/mol. The summed E-state index contributed by atoms with van der Waals surface area (Å²) >= 11 is 1.67. The Morgan fingerprint density at radius 3 is 3.16 bits per heavy atom. The molecule has 0 saturated carbocycles. The van der Waals surface area contributed by atoms with Crippen molar-refractivity contribution in [1.82, 2.24) is 4.98 Å². The number of fused-ring (bicyclic) bond motifs is 1. The van der Waals surface area contributed by atoms with E-state index in [0.29, 0.717) is 12.0 Å². The smallest absolute Gasteiger partial charge is 0.224 e. The van der Waals surface area contributed by atoms with E-state index in [1.165, 1.54) is 11.3 Å². The summed E-state index contributed by atoms with van der Waals surface area (Å²) in [7, 11) is 0. The summed E-state index contributed by atoms with van der Waals surface area (Å²) in [5, 5.41) is 4.88. The molecule has 0 aliphatic heterocycles. The van der Waals surface area contributed by atoms with E-state index < -0.39 is 0 Å². The third kappa shape index (κ3) is 2.82. The number of hydrogen-bond donors (Lipinski definition) is 1. The molecule has 1 aromatic carbocycles. The molecule has 3 rings (SSSR count). The van der Waals surface area contributed by atoms with Gasteiger partial charge in [0.25, 0.3) is 0 Å². The highest BCUT2D eigenvalue weighted by molar-refractivity contribution is 7.09. The molecule has 0 spiro atoms. The number of thiophene rings is 1. The van der Waals surface area contributed by atoms with Crippen molar-refractivity contribution < 1.29 is 9.21 Å². The molecule has 96 valence electrons. The largest absolute Gasteiger partial charge is 0.443 e. The highest BCUT2D eigenvalue weighted by Crippen LogP contribution is 2.18. The third-order valence-electron chi connectivity index (χ3n) is 2.79. The van der Waals surface area contributed by atoms with Crippen molar-refractivity contribution >= 4 is 34.0 Å². The van der Waals surface area contributed by atoms with E-state index in [1.807, 2.05) is 29.6 Å². The number of rotatable bonds is 4. The molecule has 0 radical (unpaired) electrons. The summed E-state index contributed by atoms with van der Waals surface area (Å²) in [6.45, 7) is 0. The van der Waals surface area contributed by atoms with Gasteiger partial charge in [0, 0.05) is 23.1 Å². The van der Waals surface area contributed by atoms with Crippen LogP contribution in [0.2, 0.25) is 0 Å². The number of carbonyl (C=O) groups excluding carboxylic acids is 1. The van der Waals surface area contributed by atoms with Crippen LogP contribution in [0.15, 0.2) is 46.5 Å². The summed E-state index contributed by atoms with van der Waals surface area (Å²) in [5.41, 5.74) is 2.20. The van der Waals surface area contributed by atoms with E-state index in [1.54, 1.807) is 17.4 Å². The van der Waals surface area contributed by atoms with Crippen LogP contribution in [0.4, 0.5) is 5.69 Å². The lowest BCUT2D eigenvalue weighted by atomic mass is 10.2. The van der Waals surface area contributed by atoms with Gasteiger partial charge >= 0.3 is 0 Å². The van der Waals surface area contributed by atoms with Crippen LogP contribution in [0.25, 0.3) is 11.1 Å². The van der Waals surface area contributed by atoms with Crippen molar-refractivity contribution in [2.45, 2.75) is 12.8 Å². The molecular weight excluding hydrogens is 260 g/mol. The van der Waals surface area contributed by atoms with Crippen molar-refractivity contribution in [2.24, 2.45) is 0 Å². The van der Waals surface area contributed by atoms with Gasteiger partial charge in [0.1, 0.15) is 5.52 Å². The first-order valence-electron chi connectivity index (χ1n) is 5.97. The molecule has 0 saturated heterocycles. The number of aromatic nitrogens is 1. The zero-order chi connectivity index (χ0) is 13.1. The Morgan fingerprint density at radius 2 is 2.32 bits per heavy atom. The lowest BCUT2D eigenvalue weighted by Crippen LogP contribution is -2.11. The van der Waals surface area contributed by atoms with Gasteiger partial charge in [0.2, 0.25) is 5.91 Å². The van der Waals surface area contributed by atoms with Crippen molar-refractivity contribution in [3.63, 3.8) is 0 Å². The van der Waals surface area contributed by atoms with E-state index in [-0.39, 0.29) is 5.91 Å².